The average Bonchev–Trinajstić information content (AvgIpc) is 3.16. The van der Waals surface area contributed by atoms with E-state index >= 15 is 0 Å². The maximum atomic E-state index is 11.3. The summed E-state index contributed by atoms with van der Waals surface area (Å²) < 4.78 is 5.76. The number of carbonyl (C=O) groups is 1. The number of benzene rings is 1. The third-order valence-corrected chi connectivity index (χ3v) is 4.27. The summed E-state index contributed by atoms with van der Waals surface area (Å²) in [5.41, 5.74) is 6.15. The van der Waals surface area contributed by atoms with E-state index in [4.69, 9.17) is 21.8 Å². The van der Waals surface area contributed by atoms with Crippen LogP contribution in [0.1, 0.15) is 25.3 Å². The number of likely N-dealkylation sites (tertiary alicyclic amines) is 1. The van der Waals surface area contributed by atoms with Crippen molar-refractivity contribution in [1.29, 1.82) is 0 Å². The van der Waals surface area contributed by atoms with Crippen LogP contribution in [0.3, 0.4) is 0 Å². The van der Waals surface area contributed by atoms with Gasteiger partial charge in [-0.2, -0.15) is 0 Å². The van der Waals surface area contributed by atoms with Gasteiger partial charge >= 0.3 is 0 Å². The molecule has 3 rings (SSSR count). The second-order valence-electron chi connectivity index (χ2n) is 5.51. The average molecular weight is 321 g/mol. The lowest BCUT2D eigenvalue weighted by atomic mass is 10.1. The van der Waals surface area contributed by atoms with Crippen LogP contribution < -0.4 is 5.73 Å². The summed E-state index contributed by atoms with van der Waals surface area (Å²) in [6, 6.07) is 7.22. The minimum atomic E-state index is -0.250. The van der Waals surface area contributed by atoms with Crippen molar-refractivity contribution in [2.45, 2.75) is 19.4 Å². The van der Waals surface area contributed by atoms with Gasteiger partial charge in [0.05, 0.1) is 12.0 Å². The number of aromatic nitrogens is 2. The number of halogens is 1. The molecule has 7 heteroatoms. The number of nitrogens with two attached hydrogens (primary N) is 1. The molecule has 0 aliphatic carbocycles. The van der Waals surface area contributed by atoms with Crippen LogP contribution in [0.2, 0.25) is 5.02 Å². The predicted molar refractivity (Wildman–Crippen MR) is 82.0 cm³/mol. The second kappa shape index (κ2) is 6.06. The molecule has 1 aromatic carbocycles. The van der Waals surface area contributed by atoms with Crippen molar-refractivity contribution >= 4 is 17.5 Å². The van der Waals surface area contributed by atoms with Gasteiger partial charge in [-0.1, -0.05) is 17.7 Å². The van der Waals surface area contributed by atoms with Crippen LogP contribution in [0, 0.1) is 5.92 Å². The highest BCUT2D eigenvalue weighted by atomic mass is 35.5. The van der Waals surface area contributed by atoms with Crippen molar-refractivity contribution in [3.05, 3.63) is 35.2 Å². The molecule has 1 aliphatic heterocycles. The SMILES string of the molecule is CC(c1nnc(-c2cccc(Cl)c2)o1)N1CCC(C(N)=O)C1. The third-order valence-electron chi connectivity index (χ3n) is 4.04. The van der Waals surface area contributed by atoms with Gasteiger partial charge in [0.25, 0.3) is 0 Å². The zero-order chi connectivity index (χ0) is 15.7. The summed E-state index contributed by atoms with van der Waals surface area (Å²) in [4.78, 5) is 13.4. The molecule has 0 radical (unpaired) electrons. The molecule has 0 bridgehead atoms. The lowest BCUT2D eigenvalue weighted by molar-refractivity contribution is -0.121. The Bertz CT molecular complexity index is 688. The van der Waals surface area contributed by atoms with Crippen LogP contribution in [0.4, 0.5) is 0 Å². The number of hydrogen-bond donors (Lipinski definition) is 1. The van der Waals surface area contributed by atoms with Gasteiger partial charge in [-0.3, -0.25) is 9.69 Å². The molecule has 1 aromatic heterocycles. The summed E-state index contributed by atoms with van der Waals surface area (Å²) in [6.07, 6.45) is 0.773. The molecular weight excluding hydrogens is 304 g/mol. The number of primary amides is 1. The van der Waals surface area contributed by atoms with Gasteiger partial charge in [0.15, 0.2) is 0 Å². The van der Waals surface area contributed by atoms with Crippen LogP contribution in [0.25, 0.3) is 11.5 Å². The highest BCUT2D eigenvalue weighted by Gasteiger charge is 2.32. The minimum absolute atomic E-state index is 0.0511. The summed E-state index contributed by atoms with van der Waals surface area (Å²) >= 11 is 5.97. The Morgan fingerprint density at radius 1 is 1.50 bits per heavy atom. The molecule has 2 aromatic rings. The molecule has 0 spiro atoms. The van der Waals surface area contributed by atoms with Crippen molar-refractivity contribution in [1.82, 2.24) is 15.1 Å². The van der Waals surface area contributed by atoms with Gasteiger partial charge in [-0.25, -0.2) is 0 Å². The van der Waals surface area contributed by atoms with E-state index in [1.54, 1.807) is 12.1 Å². The Labute approximate surface area is 133 Å². The zero-order valence-corrected chi connectivity index (χ0v) is 13.0. The molecule has 116 valence electrons. The van der Waals surface area contributed by atoms with Crippen molar-refractivity contribution in [2.24, 2.45) is 11.7 Å². The maximum absolute atomic E-state index is 11.3. The lowest BCUT2D eigenvalue weighted by Crippen LogP contribution is -2.29. The zero-order valence-electron chi connectivity index (χ0n) is 12.2. The smallest absolute Gasteiger partial charge is 0.247 e. The number of nitrogens with zero attached hydrogens (tertiary/aromatic N) is 3. The van der Waals surface area contributed by atoms with Crippen LogP contribution in [-0.2, 0) is 4.79 Å². The quantitative estimate of drug-likeness (QED) is 0.934. The Morgan fingerprint density at radius 2 is 2.32 bits per heavy atom. The standard InChI is InChI=1S/C15H17ClN4O2/c1-9(20-6-5-11(8-20)13(17)21)14-18-19-15(22-14)10-3-2-4-12(16)7-10/h2-4,7,9,11H,5-6,8H2,1H3,(H2,17,21). The highest BCUT2D eigenvalue weighted by molar-refractivity contribution is 6.30. The van der Waals surface area contributed by atoms with E-state index in [1.165, 1.54) is 0 Å². The number of amides is 1. The first kappa shape index (κ1) is 15.0. The van der Waals surface area contributed by atoms with Gasteiger partial charge < -0.3 is 10.2 Å². The van der Waals surface area contributed by atoms with E-state index < -0.39 is 0 Å². The Kier molecular flexibility index (Phi) is 4.13. The molecule has 22 heavy (non-hydrogen) atoms. The van der Waals surface area contributed by atoms with Gasteiger partial charge in [0.1, 0.15) is 0 Å². The van der Waals surface area contributed by atoms with Gasteiger partial charge in [-0.15, -0.1) is 10.2 Å². The van der Waals surface area contributed by atoms with Gasteiger partial charge in [0, 0.05) is 17.1 Å². The largest absolute Gasteiger partial charge is 0.419 e. The van der Waals surface area contributed by atoms with E-state index in [2.05, 4.69) is 15.1 Å². The summed E-state index contributed by atoms with van der Waals surface area (Å²) in [7, 11) is 0. The van der Waals surface area contributed by atoms with E-state index in [9.17, 15) is 4.79 Å². The third kappa shape index (κ3) is 2.98. The fourth-order valence-corrected chi connectivity index (χ4v) is 2.86. The van der Waals surface area contributed by atoms with Gasteiger partial charge in [-0.05, 0) is 38.1 Å². The molecular formula is C15H17ClN4O2. The first-order chi connectivity index (χ1) is 10.5. The van der Waals surface area contributed by atoms with Crippen molar-refractivity contribution < 1.29 is 9.21 Å². The number of carbonyl (C=O) groups excluding carboxylic acids is 1. The van der Waals surface area contributed by atoms with Crippen LogP contribution in [0.15, 0.2) is 28.7 Å². The van der Waals surface area contributed by atoms with Crippen molar-refractivity contribution in [3.63, 3.8) is 0 Å². The summed E-state index contributed by atoms with van der Waals surface area (Å²) in [5, 5.41) is 8.82. The molecule has 2 unspecified atom stereocenters. The van der Waals surface area contributed by atoms with E-state index in [1.807, 2.05) is 19.1 Å². The molecule has 2 N–H and O–H groups in total. The highest BCUT2D eigenvalue weighted by Crippen LogP contribution is 2.29. The molecule has 2 atom stereocenters. The van der Waals surface area contributed by atoms with E-state index in [0.717, 1.165) is 18.5 Å². The normalized spacial score (nSPS) is 20.2. The second-order valence-corrected chi connectivity index (χ2v) is 5.95. The summed E-state index contributed by atoms with van der Waals surface area (Å²) in [6.45, 7) is 3.41. The van der Waals surface area contributed by atoms with Crippen LogP contribution in [0.5, 0.6) is 0 Å². The van der Waals surface area contributed by atoms with Crippen LogP contribution in [-0.4, -0.2) is 34.1 Å². The molecule has 2 heterocycles. The lowest BCUT2D eigenvalue weighted by Gasteiger charge is -2.20. The minimum Gasteiger partial charge on any atom is -0.419 e. The molecule has 1 saturated heterocycles. The first-order valence-corrected chi connectivity index (χ1v) is 7.55. The predicted octanol–water partition coefficient (Wildman–Crippen LogP) is 2.26. The Morgan fingerprint density at radius 3 is 3.00 bits per heavy atom. The summed E-state index contributed by atoms with van der Waals surface area (Å²) in [5.74, 6) is 0.618. The monoisotopic (exact) mass is 320 g/mol. The maximum Gasteiger partial charge on any atom is 0.247 e. The molecule has 0 saturated carbocycles. The van der Waals surface area contributed by atoms with E-state index in [0.29, 0.717) is 23.3 Å². The number of rotatable bonds is 4. The topological polar surface area (TPSA) is 85.2 Å². The fourth-order valence-electron chi connectivity index (χ4n) is 2.67. The van der Waals surface area contributed by atoms with Crippen molar-refractivity contribution in [2.75, 3.05) is 13.1 Å². The molecule has 1 fully saturated rings. The Balaban J connectivity index is 1.75. The number of hydrogen-bond acceptors (Lipinski definition) is 5. The first-order valence-electron chi connectivity index (χ1n) is 7.17. The fraction of sp³-hybridized carbons (Fsp3) is 0.400. The van der Waals surface area contributed by atoms with Crippen molar-refractivity contribution in [3.8, 4) is 11.5 Å². The van der Waals surface area contributed by atoms with E-state index in [-0.39, 0.29) is 17.9 Å². The molecule has 1 amide bonds. The Hall–Kier alpha value is -1.92. The molecule has 1 aliphatic rings. The molecule has 6 nitrogen and oxygen atoms in total. The van der Waals surface area contributed by atoms with Crippen LogP contribution >= 0.6 is 11.6 Å². The van der Waals surface area contributed by atoms with Gasteiger partial charge in [0.2, 0.25) is 17.7 Å².